The fraction of sp³-hybridized carbons (Fsp3) is 0.619. The Bertz CT molecular complexity index is 378. The Morgan fingerprint density at radius 2 is 1.71 bits per heavy atom. The molecule has 0 amide bonds. The van der Waals surface area contributed by atoms with Crippen LogP contribution >= 0.6 is 0 Å². The average Bonchev–Trinajstić information content (AvgIpc) is 2.50. The predicted octanol–water partition coefficient (Wildman–Crippen LogP) is 7.07. The van der Waals surface area contributed by atoms with Gasteiger partial charge >= 0.3 is 0 Å². The van der Waals surface area contributed by atoms with Crippen molar-refractivity contribution in [2.45, 2.75) is 79.1 Å². The van der Waals surface area contributed by atoms with Crippen molar-refractivity contribution in [1.82, 2.24) is 0 Å². The summed E-state index contributed by atoms with van der Waals surface area (Å²) in [4.78, 5) is 0. The molecule has 1 aromatic carbocycles. The molecule has 0 saturated heterocycles. The summed E-state index contributed by atoms with van der Waals surface area (Å²) in [5.74, 6) is 1.60. The molecule has 0 saturated carbocycles. The fourth-order valence-electron chi connectivity index (χ4n) is 3.12. The Kier molecular flexibility index (Phi) is 11.0. The highest BCUT2D eigenvalue weighted by atomic mass is 14.2. The van der Waals surface area contributed by atoms with Crippen molar-refractivity contribution in [1.29, 1.82) is 0 Å². The van der Waals surface area contributed by atoms with Crippen LogP contribution in [0.3, 0.4) is 0 Å². The van der Waals surface area contributed by atoms with Crippen LogP contribution < -0.4 is 0 Å². The quantitative estimate of drug-likeness (QED) is 0.449. The number of aryl methyl sites for hydroxylation is 2. The van der Waals surface area contributed by atoms with Gasteiger partial charge in [-0.05, 0) is 54.7 Å². The normalized spacial score (nSPS) is 13.2. The zero-order valence-corrected chi connectivity index (χ0v) is 15.0. The first-order valence-electron chi connectivity index (χ1n) is 8.71. The van der Waals surface area contributed by atoms with E-state index in [1.54, 1.807) is 11.1 Å². The monoisotopic (exact) mass is 288 g/mol. The van der Waals surface area contributed by atoms with Gasteiger partial charge in [0.2, 0.25) is 0 Å². The first kappa shape index (κ1) is 20.0. The number of hydrogen-bond acceptors (Lipinski definition) is 0. The highest BCUT2D eigenvalue weighted by Crippen LogP contribution is 2.30. The zero-order valence-electron chi connectivity index (χ0n) is 15.0. The molecule has 0 aliphatic rings. The van der Waals surface area contributed by atoms with Gasteiger partial charge in [0.15, 0.2) is 0 Å². The Balaban J connectivity index is 0.00000191. The summed E-state index contributed by atoms with van der Waals surface area (Å²) in [7, 11) is 0. The van der Waals surface area contributed by atoms with Crippen LogP contribution in [-0.2, 0) is 6.42 Å². The Labute approximate surface area is 133 Å². The molecule has 0 aromatic heterocycles. The lowest BCUT2D eigenvalue weighted by Gasteiger charge is -2.21. The molecule has 0 radical (unpaired) electrons. The maximum atomic E-state index is 3.00. The van der Waals surface area contributed by atoms with E-state index >= 15 is 0 Å². The van der Waals surface area contributed by atoms with Gasteiger partial charge in [-0.15, -0.1) is 13.2 Å². The van der Waals surface area contributed by atoms with Gasteiger partial charge in [-0.2, -0.15) is 0 Å². The van der Waals surface area contributed by atoms with Crippen molar-refractivity contribution in [3.63, 3.8) is 0 Å². The minimum Gasteiger partial charge on any atom is -0.106 e. The van der Waals surface area contributed by atoms with Crippen molar-refractivity contribution in [2.75, 3.05) is 0 Å². The topological polar surface area (TPSA) is 0 Å². The van der Waals surface area contributed by atoms with Gasteiger partial charge in [-0.3, -0.25) is 0 Å². The molecule has 21 heavy (non-hydrogen) atoms. The van der Waals surface area contributed by atoms with E-state index < -0.39 is 0 Å². The van der Waals surface area contributed by atoms with Gasteiger partial charge in [0.05, 0.1) is 0 Å². The molecule has 0 bridgehead atoms. The third-order valence-corrected chi connectivity index (χ3v) is 4.33. The first-order valence-corrected chi connectivity index (χ1v) is 8.71. The smallest absolute Gasteiger partial charge is 0.0162 e. The molecule has 0 heteroatoms. The second kappa shape index (κ2) is 11.6. The minimum absolute atomic E-state index is 0.748. The highest BCUT2D eigenvalue weighted by Gasteiger charge is 2.14. The summed E-state index contributed by atoms with van der Waals surface area (Å²) in [6.07, 6.45) is 7.76. The molecule has 2 atom stereocenters. The lowest BCUT2D eigenvalue weighted by Crippen LogP contribution is -2.05. The summed E-state index contributed by atoms with van der Waals surface area (Å²) >= 11 is 0. The molecule has 0 N–H and O–H groups in total. The summed E-state index contributed by atoms with van der Waals surface area (Å²) < 4.78 is 0. The first-order chi connectivity index (χ1) is 10.1. The van der Waals surface area contributed by atoms with Crippen LogP contribution in [0.1, 0.15) is 82.4 Å². The van der Waals surface area contributed by atoms with E-state index in [9.17, 15) is 0 Å². The molecule has 1 rings (SSSR count). The highest BCUT2D eigenvalue weighted by molar-refractivity contribution is 5.33. The van der Waals surface area contributed by atoms with Crippen LogP contribution in [0, 0.1) is 12.8 Å². The molecule has 0 fully saturated rings. The van der Waals surface area contributed by atoms with E-state index in [0.29, 0.717) is 0 Å². The van der Waals surface area contributed by atoms with Gasteiger partial charge in [-0.25, -0.2) is 0 Å². The number of benzene rings is 1. The van der Waals surface area contributed by atoms with Crippen LogP contribution in [0.5, 0.6) is 0 Å². The van der Waals surface area contributed by atoms with E-state index in [1.807, 2.05) is 0 Å². The Morgan fingerprint density at radius 3 is 2.24 bits per heavy atom. The Hall–Kier alpha value is -1.04. The lowest BCUT2D eigenvalue weighted by atomic mass is 9.84. The lowest BCUT2D eigenvalue weighted by molar-refractivity contribution is 0.428. The fourth-order valence-corrected chi connectivity index (χ4v) is 3.12. The summed E-state index contributed by atoms with van der Waals surface area (Å²) in [5.41, 5.74) is 4.59. The van der Waals surface area contributed by atoms with E-state index in [4.69, 9.17) is 0 Å². The second-order valence-corrected chi connectivity index (χ2v) is 6.17. The summed E-state index contributed by atoms with van der Waals surface area (Å²) in [6, 6.07) is 7.17. The molecule has 0 heterocycles. The van der Waals surface area contributed by atoms with Crippen LogP contribution in [0.25, 0.3) is 0 Å². The van der Waals surface area contributed by atoms with Gasteiger partial charge in [0.1, 0.15) is 0 Å². The molecule has 0 spiro atoms. The molecule has 0 aliphatic carbocycles. The standard InChI is InChI=1S/C19H32.C2H4/c1-6-9-15(4)13-17(8-3)19-12-11-16(5)18(14-19)10-7-2;1-2/h11-12,14-15,17H,6-10,13H2,1-5H3;1-2H2/t15-,17-;/m0./s1. The number of hydrogen-bond donors (Lipinski definition) is 0. The maximum Gasteiger partial charge on any atom is -0.0162 e. The van der Waals surface area contributed by atoms with Crippen molar-refractivity contribution in [3.05, 3.63) is 48.0 Å². The van der Waals surface area contributed by atoms with E-state index in [0.717, 1.165) is 11.8 Å². The molecule has 0 aliphatic heterocycles. The van der Waals surface area contributed by atoms with Crippen molar-refractivity contribution in [3.8, 4) is 0 Å². The van der Waals surface area contributed by atoms with Crippen LogP contribution in [0.2, 0.25) is 0 Å². The van der Waals surface area contributed by atoms with Gasteiger partial charge in [0.25, 0.3) is 0 Å². The van der Waals surface area contributed by atoms with Crippen molar-refractivity contribution < 1.29 is 0 Å². The van der Waals surface area contributed by atoms with Gasteiger partial charge in [-0.1, -0.05) is 65.2 Å². The third kappa shape index (κ3) is 6.98. The average molecular weight is 289 g/mol. The number of rotatable bonds is 8. The van der Waals surface area contributed by atoms with Crippen LogP contribution in [0.4, 0.5) is 0 Å². The van der Waals surface area contributed by atoms with Crippen LogP contribution in [-0.4, -0.2) is 0 Å². The summed E-state index contributed by atoms with van der Waals surface area (Å²) in [6.45, 7) is 17.6. The van der Waals surface area contributed by atoms with Crippen LogP contribution in [0.15, 0.2) is 31.4 Å². The van der Waals surface area contributed by atoms with Crippen molar-refractivity contribution >= 4 is 0 Å². The van der Waals surface area contributed by atoms with E-state index in [-0.39, 0.29) is 0 Å². The van der Waals surface area contributed by atoms with Gasteiger partial charge in [0, 0.05) is 0 Å². The molecule has 0 nitrogen and oxygen atoms in total. The SMILES string of the molecule is C=C.CCCc1cc([C@@H](CC)C[C@@H](C)CCC)ccc1C. The molecule has 0 unspecified atom stereocenters. The second-order valence-electron chi connectivity index (χ2n) is 6.17. The van der Waals surface area contributed by atoms with Crippen molar-refractivity contribution in [2.24, 2.45) is 5.92 Å². The van der Waals surface area contributed by atoms with E-state index in [2.05, 4.69) is 66.0 Å². The molecule has 1 aromatic rings. The largest absolute Gasteiger partial charge is 0.106 e. The minimum atomic E-state index is 0.748. The third-order valence-electron chi connectivity index (χ3n) is 4.33. The zero-order chi connectivity index (χ0) is 16.3. The predicted molar refractivity (Wildman–Crippen MR) is 98.1 cm³/mol. The molecule has 120 valence electrons. The van der Waals surface area contributed by atoms with E-state index in [1.165, 1.54) is 44.1 Å². The van der Waals surface area contributed by atoms with Gasteiger partial charge < -0.3 is 0 Å². The maximum absolute atomic E-state index is 3.00. The molecular weight excluding hydrogens is 252 g/mol. The Morgan fingerprint density at radius 1 is 1.05 bits per heavy atom. The molecular formula is C21H36. The summed E-state index contributed by atoms with van der Waals surface area (Å²) in [5, 5.41) is 0.